The molecule has 0 saturated heterocycles. The molecule has 0 saturated carbocycles. The molecule has 1 heterocycles. The first kappa shape index (κ1) is 18.0. The molecular weight excluding hydrogens is 266 g/mol. The first-order valence-corrected chi connectivity index (χ1v) is 7.67. The molecule has 1 rings (SSSR count). The van der Waals surface area contributed by atoms with Crippen LogP contribution in [0, 0.1) is 13.8 Å². The van der Waals surface area contributed by atoms with E-state index in [9.17, 15) is 0 Å². The van der Waals surface area contributed by atoms with Crippen LogP contribution in [0.1, 0.15) is 55.6 Å². The Hall–Kier alpha value is -1.04. The van der Waals surface area contributed by atoms with E-state index in [4.69, 9.17) is 9.47 Å². The van der Waals surface area contributed by atoms with Crippen LogP contribution in [0.4, 0.5) is 0 Å². The maximum atomic E-state index is 5.58. The molecule has 0 aromatic carbocycles. The molecule has 0 radical (unpaired) electrons. The van der Waals surface area contributed by atoms with E-state index in [-0.39, 0.29) is 6.10 Å². The van der Waals surface area contributed by atoms with E-state index in [0.29, 0.717) is 12.5 Å². The molecule has 0 aliphatic rings. The summed E-state index contributed by atoms with van der Waals surface area (Å²) in [4.78, 5) is 9.26. The third kappa shape index (κ3) is 5.34. The molecule has 1 N–H and O–H groups in total. The van der Waals surface area contributed by atoms with E-state index in [0.717, 1.165) is 36.9 Å². The highest BCUT2D eigenvalue weighted by Gasteiger charge is 2.17. The number of hydrogen-bond donors (Lipinski definition) is 1. The number of rotatable bonds is 9. The Balaban J connectivity index is 2.79. The minimum atomic E-state index is -0.0587. The lowest BCUT2D eigenvalue weighted by atomic mass is 9.98. The summed E-state index contributed by atoms with van der Waals surface area (Å²) in [6, 6.07) is 0. The number of nitrogens with one attached hydrogen (secondary N) is 1. The fraction of sp³-hybridized carbons (Fsp3) is 0.750. The molecule has 1 aromatic rings. The van der Waals surface area contributed by atoms with Crippen LogP contribution in [0.2, 0.25) is 0 Å². The molecule has 0 amide bonds. The molecule has 2 unspecified atom stereocenters. The summed E-state index contributed by atoms with van der Waals surface area (Å²) in [6.07, 6.45) is -0.0587. The summed E-state index contributed by atoms with van der Waals surface area (Å²) in [5.41, 5.74) is 3.32. The van der Waals surface area contributed by atoms with Gasteiger partial charge in [-0.1, -0.05) is 6.92 Å². The van der Waals surface area contributed by atoms with Gasteiger partial charge in [0, 0.05) is 38.2 Å². The Morgan fingerprint density at radius 2 is 1.76 bits per heavy atom. The van der Waals surface area contributed by atoms with E-state index in [1.165, 1.54) is 5.56 Å². The average molecular weight is 295 g/mol. The van der Waals surface area contributed by atoms with Crippen molar-refractivity contribution in [3.8, 4) is 0 Å². The van der Waals surface area contributed by atoms with Crippen molar-refractivity contribution < 1.29 is 9.47 Å². The summed E-state index contributed by atoms with van der Waals surface area (Å²) in [7, 11) is 1.71. The summed E-state index contributed by atoms with van der Waals surface area (Å²) in [5.74, 6) is 1.15. The van der Waals surface area contributed by atoms with Crippen molar-refractivity contribution in [3.63, 3.8) is 0 Å². The van der Waals surface area contributed by atoms with Crippen molar-refractivity contribution in [2.45, 2.75) is 46.6 Å². The molecule has 0 aliphatic heterocycles. The van der Waals surface area contributed by atoms with Crippen molar-refractivity contribution >= 4 is 0 Å². The molecule has 1 aromatic heterocycles. The first-order chi connectivity index (χ1) is 10.0. The molecular formula is C16H29N3O2. The van der Waals surface area contributed by atoms with Gasteiger partial charge in [0.25, 0.3) is 0 Å². The highest BCUT2D eigenvalue weighted by atomic mass is 16.5. The van der Waals surface area contributed by atoms with Gasteiger partial charge in [0.2, 0.25) is 0 Å². The number of methoxy groups -OCH3 is 1. The Kier molecular flexibility index (Phi) is 7.78. The SMILES string of the molecule is CCOC(C)c1nc(C)c(C(C)CNCCOC)c(C)n1. The van der Waals surface area contributed by atoms with Gasteiger partial charge in [0.05, 0.1) is 6.61 Å². The molecule has 2 atom stereocenters. The standard InChI is InChI=1S/C16H29N3O2/c1-7-21-14(5)16-18-12(3)15(13(4)19-16)11(2)10-17-8-9-20-6/h11,14,17H,7-10H2,1-6H3. The third-order valence-corrected chi connectivity index (χ3v) is 3.55. The van der Waals surface area contributed by atoms with Crippen LogP contribution in [-0.2, 0) is 9.47 Å². The number of nitrogens with zero attached hydrogens (tertiary/aromatic N) is 2. The number of hydrogen-bond acceptors (Lipinski definition) is 5. The van der Waals surface area contributed by atoms with Crippen LogP contribution >= 0.6 is 0 Å². The zero-order valence-electron chi connectivity index (χ0n) is 14.2. The van der Waals surface area contributed by atoms with Gasteiger partial charge in [0.15, 0.2) is 5.82 Å². The van der Waals surface area contributed by atoms with Gasteiger partial charge in [-0.05, 0) is 39.2 Å². The Morgan fingerprint density at radius 1 is 1.14 bits per heavy atom. The van der Waals surface area contributed by atoms with Crippen LogP contribution in [0.15, 0.2) is 0 Å². The van der Waals surface area contributed by atoms with E-state index in [2.05, 4.69) is 36.1 Å². The molecule has 0 bridgehead atoms. The molecule has 120 valence electrons. The minimum absolute atomic E-state index is 0.0587. The third-order valence-electron chi connectivity index (χ3n) is 3.55. The van der Waals surface area contributed by atoms with Gasteiger partial charge < -0.3 is 14.8 Å². The Labute approximate surface area is 128 Å². The Morgan fingerprint density at radius 3 is 2.29 bits per heavy atom. The predicted molar refractivity (Wildman–Crippen MR) is 84.7 cm³/mol. The van der Waals surface area contributed by atoms with Gasteiger partial charge >= 0.3 is 0 Å². The second-order valence-electron chi connectivity index (χ2n) is 5.36. The van der Waals surface area contributed by atoms with Crippen molar-refractivity contribution in [2.24, 2.45) is 0 Å². The number of aromatic nitrogens is 2. The van der Waals surface area contributed by atoms with Crippen molar-refractivity contribution in [3.05, 3.63) is 22.8 Å². The average Bonchev–Trinajstić information content (AvgIpc) is 2.43. The molecule has 0 spiro atoms. The maximum Gasteiger partial charge on any atom is 0.157 e. The van der Waals surface area contributed by atoms with E-state index in [1.807, 2.05) is 13.8 Å². The van der Waals surface area contributed by atoms with Crippen molar-refractivity contribution in [1.82, 2.24) is 15.3 Å². The minimum Gasteiger partial charge on any atom is -0.383 e. The lowest BCUT2D eigenvalue weighted by molar-refractivity contribution is 0.0697. The summed E-state index contributed by atoms with van der Waals surface area (Å²) < 4.78 is 10.6. The van der Waals surface area contributed by atoms with E-state index in [1.54, 1.807) is 7.11 Å². The highest BCUT2D eigenvalue weighted by Crippen LogP contribution is 2.23. The van der Waals surface area contributed by atoms with Gasteiger partial charge in [-0.2, -0.15) is 0 Å². The van der Waals surface area contributed by atoms with Gasteiger partial charge in [-0.15, -0.1) is 0 Å². The van der Waals surface area contributed by atoms with Gasteiger partial charge in [-0.25, -0.2) is 9.97 Å². The smallest absolute Gasteiger partial charge is 0.157 e. The molecule has 5 heteroatoms. The number of ether oxygens (including phenoxy) is 2. The van der Waals surface area contributed by atoms with Crippen molar-refractivity contribution in [2.75, 3.05) is 33.4 Å². The van der Waals surface area contributed by atoms with E-state index < -0.39 is 0 Å². The second-order valence-corrected chi connectivity index (χ2v) is 5.36. The van der Waals surface area contributed by atoms with Gasteiger partial charge in [0.1, 0.15) is 6.10 Å². The van der Waals surface area contributed by atoms with Crippen LogP contribution < -0.4 is 5.32 Å². The predicted octanol–water partition coefficient (Wildman–Crippen LogP) is 2.53. The summed E-state index contributed by atoms with van der Waals surface area (Å²) in [5, 5.41) is 3.39. The van der Waals surface area contributed by atoms with E-state index >= 15 is 0 Å². The largest absolute Gasteiger partial charge is 0.383 e. The van der Waals surface area contributed by atoms with Gasteiger partial charge in [-0.3, -0.25) is 0 Å². The van der Waals surface area contributed by atoms with Crippen molar-refractivity contribution in [1.29, 1.82) is 0 Å². The zero-order valence-corrected chi connectivity index (χ0v) is 14.2. The van der Waals surface area contributed by atoms with Crippen LogP contribution in [0.3, 0.4) is 0 Å². The number of aryl methyl sites for hydroxylation is 2. The van der Waals surface area contributed by atoms with Crippen LogP contribution in [0.25, 0.3) is 0 Å². The highest BCUT2D eigenvalue weighted by molar-refractivity contribution is 5.28. The quantitative estimate of drug-likeness (QED) is 0.710. The zero-order chi connectivity index (χ0) is 15.8. The second kappa shape index (κ2) is 9.07. The molecule has 5 nitrogen and oxygen atoms in total. The fourth-order valence-electron chi connectivity index (χ4n) is 2.57. The molecule has 21 heavy (non-hydrogen) atoms. The summed E-state index contributed by atoms with van der Waals surface area (Å²) >= 11 is 0. The Bertz CT molecular complexity index is 415. The normalized spacial score (nSPS) is 14.2. The monoisotopic (exact) mass is 295 g/mol. The van der Waals surface area contributed by atoms with Crippen LogP contribution in [-0.4, -0.2) is 43.4 Å². The first-order valence-electron chi connectivity index (χ1n) is 7.67. The fourth-order valence-corrected chi connectivity index (χ4v) is 2.57. The maximum absolute atomic E-state index is 5.58. The summed E-state index contributed by atoms with van der Waals surface area (Å²) in [6.45, 7) is 13.4. The van der Waals surface area contributed by atoms with Crippen LogP contribution in [0.5, 0.6) is 0 Å². The molecule has 0 fully saturated rings. The molecule has 0 aliphatic carbocycles. The lowest BCUT2D eigenvalue weighted by Crippen LogP contribution is -2.25. The topological polar surface area (TPSA) is 56.3 Å². The lowest BCUT2D eigenvalue weighted by Gasteiger charge is -2.19.